The fraction of sp³-hybridized carbons (Fsp3) is 0.167. The standard InChI is InChI=1S/C18H14N2O5S/c1-11-9-26-18-19-13(7-16(21)20(11)18)8-23-17(22)5-3-12-2-4-14-15(6-12)25-10-24-14/h2-7,9H,8,10H2,1H3/b5-3+. The Hall–Kier alpha value is -3.13. The lowest BCUT2D eigenvalue weighted by molar-refractivity contribution is -0.139. The summed E-state index contributed by atoms with van der Waals surface area (Å²) < 4.78 is 17.2. The van der Waals surface area contributed by atoms with Crippen molar-refractivity contribution in [2.24, 2.45) is 0 Å². The van der Waals surface area contributed by atoms with Crippen LogP contribution in [-0.2, 0) is 16.1 Å². The Kier molecular flexibility index (Phi) is 4.18. The molecule has 0 spiro atoms. The number of carbonyl (C=O) groups is 1. The molecular weight excluding hydrogens is 356 g/mol. The van der Waals surface area contributed by atoms with E-state index in [1.165, 1.54) is 27.9 Å². The molecule has 4 rings (SSSR count). The first-order valence-corrected chi connectivity index (χ1v) is 8.69. The van der Waals surface area contributed by atoms with Crippen molar-refractivity contribution in [3.05, 3.63) is 63.0 Å². The Bertz CT molecular complexity index is 1080. The number of esters is 1. The van der Waals surface area contributed by atoms with E-state index in [0.717, 1.165) is 11.3 Å². The number of benzene rings is 1. The number of nitrogens with zero attached hydrogens (tertiary/aromatic N) is 2. The van der Waals surface area contributed by atoms with Gasteiger partial charge in [0.2, 0.25) is 6.79 Å². The predicted octanol–water partition coefficient (Wildman–Crippen LogP) is 2.55. The SMILES string of the molecule is Cc1csc2nc(COC(=O)/C=C/c3ccc4c(c3)OCO4)cc(=O)n12. The maximum absolute atomic E-state index is 12.1. The number of thiazole rings is 1. The molecule has 0 atom stereocenters. The zero-order valence-electron chi connectivity index (χ0n) is 13.8. The highest BCUT2D eigenvalue weighted by molar-refractivity contribution is 7.15. The zero-order chi connectivity index (χ0) is 18.1. The molecule has 132 valence electrons. The summed E-state index contributed by atoms with van der Waals surface area (Å²) in [6, 6.07) is 6.75. The van der Waals surface area contributed by atoms with Gasteiger partial charge in [-0.25, -0.2) is 9.78 Å². The molecule has 1 aromatic carbocycles. The molecule has 7 nitrogen and oxygen atoms in total. The van der Waals surface area contributed by atoms with Crippen LogP contribution in [0, 0.1) is 6.92 Å². The van der Waals surface area contributed by atoms with Gasteiger partial charge in [0.15, 0.2) is 16.5 Å². The number of aryl methyl sites for hydroxylation is 1. The van der Waals surface area contributed by atoms with Gasteiger partial charge in [0, 0.05) is 23.2 Å². The average Bonchev–Trinajstić information content (AvgIpc) is 3.24. The maximum atomic E-state index is 12.1. The number of carbonyl (C=O) groups excluding carboxylic acids is 1. The minimum absolute atomic E-state index is 0.0625. The average molecular weight is 370 g/mol. The molecule has 1 aliphatic heterocycles. The number of rotatable bonds is 4. The summed E-state index contributed by atoms with van der Waals surface area (Å²) in [4.78, 5) is 28.9. The van der Waals surface area contributed by atoms with Gasteiger partial charge in [0.05, 0.1) is 5.69 Å². The lowest BCUT2D eigenvalue weighted by atomic mass is 10.2. The fourth-order valence-electron chi connectivity index (χ4n) is 2.55. The van der Waals surface area contributed by atoms with Crippen LogP contribution in [0.15, 0.2) is 40.5 Å². The van der Waals surface area contributed by atoms with Gasteiger partial charge in [-0.15, -0.1) is 11.3 Å². The molecule has 2 aromatic heterocycles. The summed E-state index contributed by atoms with van der Waals surface area (Å²) in [5.74, 6) is 0.804. The van der Waals surface area contributed by atoms with Crippen LogP contribution in [0.3, 0.4) is 0 Å². The van der Waals surface area contributed by atoms with Crippen molar-refractivity contribution >= 4 is 28.3 Å². The molecule has 0 unspecified atom stereocenters. The summed E-state index contributed by atoms with van der Waals surface area (Å²) in [6.07, 6.45) is 2.94. The summed E-state index contributed by atoms with van der Waals surface area (Å²) >= 11 is 1.37. The molecule has 3 heterocycles. The highest BCUT2D eigenvalue weighted by Crippen LogP contribution is 2.32. The third kappa shape index (κ3) is 3.18. The van der Waals surface area contributed by atoms with Crippen LogP contribution in [0.2, 0.25) is 0 Å². The van der Waals surface area contributed by atoms with Gasteiger partial charge in [0.25, 0.3) is 5.56 Å². The van der Waals surface area contributed by atoms with E-state index in [4.69, 9.17) is 14.2 Å². The molecule has 0 aliphatic carbocycles. The van der Waals surface area contributed by atoms with Gasteiger partial charge in [-0.2, -0.15) is 0 Å². The monoisotopic (exact) mass is 370 g/mol. The lowest BCUT2D eigenvalue weighted by Gasteiger charge is -2.02. The first-order valence-electron chi connectivity index (χ1n) is 7.81. The van der Waals surface area contributed by atoms with Crippen LogP contribution in [0.5, 0.6) is 11.5 Å². The minimum Gasteiger partial charge on any atom is -0.456 e. The van der Waals surface area contributed by atoms with Crippen LogP contribution in [0.4, 0.5) is 0 Å². The molecule has 8 heteroatoms. The molecule has 0 fully saturated rings. The van der Waals surface area contributed by atoms with Gasteiger partial charge in [-0.05, 0) is 30.7 Å². The molecule has 0 saturated heterocycles. The van der Waals surface area contributed by atoms with E-state index < -0.39 is 5.97 Å². The highest BCUT2D eigenvalue weighted by Gasteiger charge is 2.12. The van der Waals surface area contributed by atoms with Crippen molar-refractivity contribution in [1.82, 2.24) is 9.38 Å². The van der Waals surface area contributed by atoms with E-state index in [0.29, 0.717) is 22.2 Å². The molecule has 0 bridgehead atoms. The molecule has 1 aliphatic rings. The van der Waals surface area contributed by atoms with Crippen LogP contribution < -0.4 is 15.0 Å². The number of fused-ring (bicyclic) bond motifs is 2. The van der Waals surface area contributed by atoms with E-state index in [-0.39, 0.29) is 19.0 Å². The van der Waals surface area contributed by atoms with E-state index >= 15 is 0 Å². The number of hydrogen-bond donors (Lipinski definition) is 0. The molecule has 26 heavy (non-hydrogen) atoms. The van der Waals surface area contributed by atoms with Crippen molar-refractivity contribution in [1.29, 1.82) is 0 Å². The Balaban J connectivity index is 1.41. The number of aromatic nitrogens is 2. The molecular formula is C18H14N2O5S. The Morgan fingerprint density at radius 3 is 3.08 bits per heavy atom. The maximum Gasteiger partial charge on any atom is 0.331 e. The topological polar surface area (TPSA) is 79.1 Å². The van der Waals surface area contributed by atoms with E-state index in [1.54, 1.807) is 18.2 Å². The van der Waals surface area contributed by atoms with E-state index in [9.17, 15) is 9.59 Å². The first-order chi connectivity index (χ1) is 12.6. The number of ether oxygens (including phenoxy) is 3. The number of hydrogen-bond acceptors (Lipinski definition) is 7. The normalized spacial score (nSPS) is 12.8. The van der Waals surface area contributed by atoms with Crippen LogP contribution in [0.25, 0.3) is 11.0 Å². The van der Waals surface area contributed by atoms with Crippen molar-refractivity contribution in [2.75, 3.05) is 6.79 Å². The second-order valence-electron chi connectivity index (χ2n) is 5.63. The Morgan fingerprint density at radius 2 is 2.19 bits per heavy atom. The van der Waals surface area contributed by atoms with Crippen molar-refractivity contribution < 1.29 is 19.0 Å². The van der Waals surface area contributed by atoms with E-state index in [2.05, 4.69) is 4.98 Å². The second-order valence-corrected chi connectivity index (χ2v) is 6.47. The summed E-state index contributed by atoms with van der Waals surface area (Å²) in [6.45, 7) is 1.98. The fourth-order valence-corrected chi connectivity index (χ4v) is 3.44. The van der Waals surface area contributed by atoms with Gasteiger partial charge in [0.1, 0.15) is 6.61 Å². The van der Waals surface area contributed by atoms with Gasteiger partial charge in [-0.3, -0.25) is 9.20 Å². The van der Waals surface area contributed by atoms with Crippen molar-refractivity contribution in [2.45, 2.75) is 13.5 Å². The Morgan fingerprint density at radius 1 is 1.35 bits per heavy atom. The van der Waals surface area contributed by atoms with Crippen molar-refractivity contribution in [3.63, 3.8) is 0 Å². The smallest absolute Gasteiger partial charge is 0.331 e. The summed E-state index contributed by atoms with van der Waals surface area (Å²) in [7, 11) is 0. The third-order valence-corrected chi connectivity index (χ3v) is 4.74. The summed E-state index contributed by atoms with van der Waals surface area (Å²) in [5.41, 5.74) is 1.85. The molecule has 0 radical (unpaired) electrons. The van der Waals surface area contributed by atoms with Crippen LogP contribution >= 0.6 is 11.3 Å². The quantitative estimate of drug-likeness (QED) is 0.519. The van der Waals surface area contributed by atoms with Gasteiger partial charge in [-0.1, -0.05) is 6.07 Å². The highest BCUT2D eigenvalue weighted by atomic mass is 32.1. The summed E-state index contributed by atoms with van der Waals surface area (Å²) in [5, 5.41) is 1.85. The van der Waals surface area contributed by atoms with Crippen LogP contribution in [0.1, 0.15) is 17.0 Å². The Labute approximate surface area is 152 Å². The molecule has 0 saturated carbocycles. The predicted molar refractivity (Wildman–Crippen MR) is 95.5 cm³/mol. The molecule has 0 amide bonds. The molecule has 3 aromatic rings. The van der Waals surface area contributed by atoms with Gasteiger partial charge < -0.3 is 14.2 Å². The molecule has 0 N–H and O–H groups in total. The largest absolute Gasteiger partial charge is 0.456 e. The van der Waals surface area contributed by atoms with Crippen LogP contribution in [-0.4, -0.2) is 22.1 Å². The first kappa shape index (κ1) is 16.3. The second kappa shape index (κ2) is 6.64. The third-order valence-electron chi connectivity index (χ3n) is 3.80. The lowest BCUT2D eigenvalue weighted by Crippen LogP contribution is -2.16. The minimum atomic E-state index is -0.521. The van der Waals surface area contributed by atoms with E-state index in [1.807, 2.05) is 18.4 Å². The van der Waals surface area contributed by atoms with Crippen molar-refractivity contribution in [3.8, 4) is 11.5 Å². The zero-order valence-corrected chi connectivity index (χ0v) is 14.6. The van der Waals surface area contributed by atoms with Gasteiger partial charge >= 0.3 is 5.97 Å².